The van der Waals surface area contributed by atoms with E-state index in [0.717, 1.165) is 33.6 Å². The van der Waals surface area contributed by atoms with Crippen LogP contribution in [0.2, 0.25) is 0 Å². The summed E-state index contributed by atoms with van der Waals surface area (Å²) < 4.78 is 1.86. The minimum Gasteiger partial charge on any atom is -0.349 e. The predicted molar refractivity (Wildman–Crippen MR) is 99.8 cm³/mol. The zero-order valence-corrected chi connectivity index (χ0v) is 16.1. The number of nitrogens with zero attached hydrogens (tertiary/aromatic N) is 2. The molecule has 23 heavy (non-hydrogen) atoms. The molecule has 0 saturated heterocycles. The highest BCUT2D eigenvalue weighted by atomic mass is 35.5. The van der Waals surface area contributed by atoms with Crippen LogP contribution in [0.4, 0.5) is 0 Å². The number of hydrogen-bond acceptors (Lipinski definition) is 4. The summed E-state index contributed by atoms with van der Waals surface area (Å²) >= 11 is 1.48. The molecule has 1 amide bonds. The van der Waals surface area contributed by atoms with E-state index in [-0.39, 0.29) is 23.9 Å². The topological polar surface area (TPSA) is 72.9 Å². The predicted octanol–water partition coefficient (Wildman–Crippen LogP) is 3.43. The number of carbonyl (C=O) groups excluding carboxylic acids is 1. The first-order valence-corrected chi connectivity index (χ1v) is 8.66. The van der Waals surface area contributed by atoms with Gasteiger partial charge in [0.2, 0.25) is 0 Å². The second-order valence-electron chi connectivity index (χ2n) is 6.25. The summed E-state index contributed by atoms with van der Waals surface area (Å²) in [5, 5.41) is 8.60. The molecule has 0 saturated carbocycles. The number of carbonyl (C=O) groups is 1. The molecule has 0 unspecified atom stereocenters. The molecule has 0 spiro atoms. The van der Waals surface area contributed by atoms with Crippen molar-refractivity contribution in [3.8, 4) is 0 Å². The third-order valence-electron chi connectivity index (χ3n) is 4.32. The largest absolute Gasteiger partial charge is 0.349 e. The van der Waals surface area contributed by atoms with Crippen LogP contribution in [0.1, 0.15) is 61.8 Å². The zero-order valence-electron chi connectivity index (χ0n) is 14.5. The lowest BCUT2D eigenvalue weighted by molar-refractivity contribution is 0.0946. The molecule has 0 bridgehead atoms. The number of nitrogens with one attached hydrogen (secondary N) is 1. The minimum absolute atomic E-state index is 0. The molecule has 0 aliphatic rings. The number of amides is 1. The summed E-state index contributed by atoms with van der Waals surface area (Å²) in [6.45, 7) is 8.84. The van der Waals surface area contributed by atoms with Crippen LogP contribution in [0, 0.1) is 0 Å². The number of aryl methyl sites for hydroxylation is 1. The van der Waals surface area contributed by atoms with Gasteiger partial charge in [-0.3, -0.25) is 9.48 Å². The molecular formula is C16H27ClN4OS. The molecule has 3 N–H and O–H groups in total. The van der Waals surface area contributed by atoms with Crippen LogP contribution in [0.5, 0.6) is 0 Å². The molecule has 2 heterocycles. The third kappa shape index (κ3) is 4.05. The maximum atomic E-state index is 12.4. The van der Waals surface area contributed by atoms with Gasteiger partial charge in [0.05, 0.1) is 10.6 Å². The first kappa shape index (κ1) is 19.9. The number of nitrogens with two attached hydrogens (primary N) is 1. The van der Waals surface area contributed by atoms with Crippen LogP contribution in [0.3, 0.4) is 0 Å². The van der Waals surface area contributed by atoms with E-state index < -0.39 is 0 Å². The van der Waals surface area contributed by atoms with Crippen molar-refractivity contribution in [2.75, 3.05) is 6.54 Å². The Balaban J connectivity index is 0.00000264. The number of fused-ring (bicyclic) bond motifs is 1. The van der Waals surface area contributed by atoms with E-state index in [0.29, 0.717) is 12.5 Å². The van der Waals surface area contributed by atoms with Crippen LogP contribution in [-0.4, -0.2) is 27.8 Å². The van der Waals surface area contributed by atoms with E-state index in [4.69, 9.17) is 5.73 Å². The Morgan fingerprint density at radius 2 is 2.04 bits per heavy atom. The smallest absolute Gasteiger partial charge is 0.261 e. The molecule has 2 aromatic heterocycles. The van der Waals surface area contributed by atoms with Crippen LogP contribution in [0.25, 0.3) is 10.2 Å². The van der Waals surface area contributed by atoms with Gasteiger partial charge in [-0.15, -0.1) is 23.7 Å². The average Bonchev–Trinajstić information content (AvgIpc) is 3.05. The van der Waals surface area contributed by atoms with Gasteiger partial charge in [0.25, 0.3) is 5.91 Å². The Hall–Kier alpha value is -1.11. The van der Waals surface area contributed by atoms with Gasteiger partial charge < -0.3 is 11.1 Å². The standard InChI is InChI=1S/C16H26N4OS.ClH/c1-6-16(17,7-2)9-18-14(21)12-8-11-13(10(3)4)19-20(5)15(11)22-12;/h8,10H,6-7,9,17H2,1-5H3,(H,18,21);1H. The fraction of sp³-hybridized carbons (Fsp3) is 0.625. The molecule has 7 heteroatoms. The fourth-order valence-corrected chi connectivity index (χ4v) is 3.44. The Labute approximate surface area is 148 Å². The lowest BCUT2D eigenvalue weighted by Gasteiger charge is -2.26. The molecule has 0 aliphatic heterocycles. The van der Waals surface area contributed by atoms with Gasteiger partial charge in [-0.05, 0) is 24.8 Å². The Morgan fingerprint density at radius 1 is 1.43 bits per heavy atom. The summed E-state index contributed by atoms with van der Waals surface area (Å²) in [5.74, 6) is 0.290. The summed E-state index contributed by atoms with van der Waals surface area (Å²) in [7, 11) is 1.92. The quantitative estimate of drug-likeness (QED) is 0.830. The Kier molecular flexibility index (Phi) is 6.62. The Morgan fingerprint density at radius 3 is 2.57 bits per heavy atom. The fourth-order valence-electron chi connectivity index (χ4n) is 2.45. The van der Waals surface area contributed by atoms with Gasteiger partial charge >= 0.3 is 0 Å². The minimum atomic E-state index is -0.322. The summed E-state index contributed by atoms with van der Waals surface area (Å²) in [5.41, 5.74) is 6.96. The molecule has 0 atom stereocenters. The number of rotatable bonds is 6. The molecular weight excluding hydrogens is 332 g/mol. The average molecular weight is 359 g/mol. The lowest BCUT2D eigenvalue weighted by atomic mass is 9.94. The van der Waals surface area contributed by atoms with Gasteiger partial charge in [-0.1, -0.05) is 27.7 Å². The molecule has 2 rings (SSSR count). The van der Waals surface area contributed by atoms with Gasteiger partial charge in [0, 0.05) is 24.5 Å². The van der Waals surface area contributed by atoms with Crippen molar-refractivity contribution >= 4 is 39.9 Å². The number of thiophene rings is 1. The van der Waals surface area contributed by atoms with E-state index >= 15 is 0 Å². The molecule has 2 aromatic rings. The van der Waals surface area contributed by atoms with Crippen LogP contribution < -0.4 is 11.1 Å². The molecule has 5 nitrogen and oxygen atoms in total. The van der Waals surface area contributed by atoms with Crippen LogP contribution in [0.15, 0.2) is 6.07 Å². The van der Waals surface area contributed by atoms with Gasteiger partial charge in [-0.25, -0.2) is 0 Å². The highest BCUT2D eigenvalue weighted by molar-refractivity contribution is 7.20. The lowest BCUT2D eigenvalue weighted by Crippen LogP contribution is -2.49. The second kappa shape index (κ2) is 7.64. The van der Waals surface area contributed by atoms with E-state index in [1.165, 1.54) is 11.3 Å². The van der Waals surface area contributed by atoms with Crippen LogP contribution >= 0.6 is 23.7 Å². The highest BCUT2D eigenvalue weighted by Gasteiger charge is 2.23. The highest BCUT2D eigenvalue weighted by Crippen LogP contribution is 2.31. The second-order valence-corrected chi connectivity index (χ2v) is 7.28. The normalized spacial score (nSPS) is 11.8. The first-order valence-electron chi connectivity index (χ1n) is 7.84. The van der Waals surface area contributed by atoms with Gasteiger partial charge in [0.1, 0.15) is 4.83 Å². The molecule has 0 fully saturated rings. The van der Waals surface area contributed by atoms with Crippen molar-refractivity contribution in [3.63, 3.8) is 0 Å². The van der Waals surface area contributed by atoms with Crippen molar-refractivity contribution in [1.82, 2.24) is 15.1 Å². The molecule has 0 aromatic carbocycles. The first-order chi connectivity index (χ1) is 10.3. The van der Waals surface area contributed by atoms with E-state index in [9.17, 15) is 4.79 Å². The van der Waals surface area contributed by atoms with Gasteiger partial charge in [-0.2, -0.15) is 5.10 Å². The molecule has 0 aliphatic carbocycles. The monoisotopic (exact) mass is 358 g/mol. The van der Waals surface area contributed by atoms with Crippen molar-refractivity contribution < 1.29 is 4.79 Å². The van der Waals surface area contributed by atoms with E-state index in [2.05, 4.69) is 38.1 Å². The van der Waals surface area contributed by atoms with Crippen LogP contribution in [-0.2, 0) is 7.05 Å². The maximum absolute atomic E-state index is 12.4. The molecule has 130 valence electrons. The van der Waals surface area contributed by atoms with Crippen molar-refractivity contribution in [1.29, 1.82) is 0 Å². The molecule has 0 radical (unpaired) electrons. The van der Waals surface area contributed by atoms with Crippen molar-refractivity contribution in [2.24, 2.45) is 12.8 Å². The van der Waals surface area contributed by atoms with Gasteiger partial charge in [0.15, 0.2) is 0 Å². The number of aromatic nitrogens is 2. The number of hydrogen-bond donors (Lipinski definition) is 2. The summed E-state index contributed by atoms with van der Waals surface area (Å²) in [4.78, 5) is 14.2. The SMILES string of the molecule is CCC(N)(CC)CNC(=O)c1cc2c(C(C)C)nn(C)c2s1.Cl. The Bertz CT molecular complexity index is 673. The number of halogens is 1. The summed E-state index contributed by atoms with van der Waals surface area (Å²) in [6, 6.07) is 1.95. The third-order valence-corrected chi connectivity index (χ3v) is 5.52. The van der Waals surface area contributed by atoms with Crippen molar-refractivity contribution in [3.05, 3.63) is 16.6 Å². The maximum Gasteiger partial charge on any atom is 0.261 e. The zero-order chi connectivity index (χ0) is 16.5. The van der Waals surface area contributed by atoms with Crippen molar-refractivity contribution in [2.45, 2.75) is 52.0 Å². The summed E-state index contributed by atoms with van der Waals surface area (Å²) in [6.07, 6.45) is 1.69. The van der Waals surface area contributed by atoms with E-state index in [1.807, 2.05) is 17.8 Å². The van der Waals surface area contributed by atoms with E-state index in [1.54, 1.807) is 0 Å².